The van der Waals surface area contributed by atoms with E-state index in [4.69, 9.17) is 18.6 Å². The van der Waals surface area contributed by atoms with Gasteiger partial charge in [-0.1, -0.05) is 6.07 Å². The highest BCUT2D eigenvalue weighted by Crippen LogP contribution is 2.27. The van der Waals surface area contributed by atoms with E-state index in [1.54, 1.807) is 14.2 Å². The van der Waals surface area contributed by atoms with E-state index < -0.39 is 6.10 Å². The summed E-state index contributed by atoms with van der Waals surface area (Å²) >= 11 is 0. The van der Waals surface area contributed by atoms with Crippen molar-refractivity contribution in [2.75, 3.05) is 34.4 Å². The monoisotopic (exact) mass is 349 g/mol. The normalized spacial score (nSPS) is 12.4. The Morgan fingerprint density at radius 1 is 1.12 bits per heavy atom. The molecule has 1 aromatic carbocycles. The second-order valence-electron chi connectivity index (χ2n) is 6.07. The van der Waals surface area contributed by atoms with E-state index in [1.807, 2.05) is 49.2 Å². The van der Waals surface area contributed by atoms with Crippen molar-refractivity contribution in [2.24, 2.45) is 0 Å². The molecule has 0 amide bonds. The van der Waals surface area contributed by atoms with Gasteiger partial charge in [-0.25, -0.2) is 0 Å². The van der Waals surface area contributed by atoms with Crippen molar-refractivity contribution in [3.8, 4) is 11.5 Å². The van der Waals surface area contributed by atoms with Gasteiger partial charge in [-0.05, 0) is 43.8 Å². The minimum atomic E-state index is -0.568. The van der Waals surface area contributed by atoms with Crippen LogP contribution in [0.5, 0.6) is 11.5 Å². The SMILES string of the molecule is COc1ccc(COC[C@H](O)CN(C)Cc2ccc(C)o2)cc1OC. The van der Waals surface area contributed by atoms with Gasteiger partial charge in [-0.15, -0.1) is 0 Å². The number of furan rings is 1. The van der Waals surface area contributed by atoms with Crippen LogP contribution in [0.2, 0.25) is 0 Å². The van der Waals surface area contributed by atoms with E-state index in [1.165, 1.54) is 0 Å². The molecule has 0 fully saturated rings. The summed E-state index contributed by atoms with van der Waals surface area (Å²) in [5.41, 5.74) is 0.962. The zero-order valence-electron chi connectivity index (χ0n) is 15.3. The predicted octanol–water partition coefficient (Wildman–Crippen LogP) is 2.61. The predicted molar refractivity (Wildman–Crippen MR) is 95.0 cm³/mol. The average Bonchev–Trinajstić information content (AvgIpc) is 2.99. The number of likely N-dealkylation sites (N-methyl/N-ethyl adjacent to an activating group) is 1. The summed E-state index contributed by atoms with van der Waals surface area (Å²) in [5.74, 6) is 3.12. The topological polar surface area (TPSA) is 64.3 Å². The first-order valence-corrected chi connectivity index (χ1v) is 8.22. The maximum absolute atomic E-state index is 10.1. The highest BCUT2D eigenvalue weighted by Gasteiger charge is 2.11. The highest BCUT2D eigenvalue weighted by atomic mass is 16.5. The van der Waals surface area contributed by atoms with Gasteiger partial charge >= 0.3 is 0 Å². The smallest absolute Gasteiger partial charge is 0.161 e. The fourth-order valence-corrected chi connectivity index (χ4v) is 2.60. The van der Waals surface area contributed by atoms with E-state index in [0.29, 0.717) is 31.2 Å². The molecule has 0 unspecified atom stereocenters. The summed E-state index contributed by atoms with van der Waals surface area (Å²) in [6, 6.07) is 9.51. The third-order valence-corrected chi connectivity index (χ3v) is 3.77. The van der Waals surface area contributed by atoms with Gasteiger partial charge in [0.1, 0.15) is 11.5 Å². The van der Waals surface area contributed by atoms with Crippen molar-refractivity contribution < 1.29 is 23.7 Å². The molecule has 0 saturated heterocycles. The van der Waals surface area contributed by atoms with Gasteiger partial charge in [-0.3, -0.25) is 4.90 Å². The molecule has 1 atom stereocenters. The number of methoxy groups -OCH3 is 2. The van der Waals surface area contributed by atoms with E-state index in [0.717, 1.165) is 17.1 Å². The Balaban J connectivity index is 1.73. The number of aryl methyl sites for hydroxylation is 1. The molecule has 2 aromatic rings. The molecule has 0 bridgehead atoms. The van der Waals surface area contributed by atoms with Gasteiger partial charge in [0.15, 0.2) is 11.5 Å². The Labute approximate surface area is 148 Å². The summed E-state index contributed by atoms with van der Waals surface area (Å²) < 4.78 is 21.6. The number of aliphatic hydroxyl groups excluding tert-OH is 1. The molecule has 1 heterocycles. The summed E-state index contributed by atoms with van der Waals surface area (Å²) in [7, 11) is 5.14. The zero-order chi connectivity index (χ0) is 18.2. The second kappa shape index (κ2) is 9.46. The maximum Gasteiger partial charge on any atom is 0.161 e. The molecule has 1 N–H and O–H groups in total. The Morgan fingerprint density at radius 2 is 1.88 bits per heavy atom. The lowest BCUT2D eigenvalue weighted by molar-refractivity contribution is 0.0119. The van der Waals surface area contributed by atoms with Crippen LogP contribution in [-0.2, 0) is 17.9 Å². The minimum Gasteiger partial charge on any atom is -0.493 e. The standard InChI is InChI=1S/C19H27NO5/c1-14-5-7-17(25-14)11-20(2)10-16(21)13-24-12-15-6-8-18(22-3)19(9-15)23-4/h5-9,16,21H,10-13H2,1-4H3/t16-/m1/s1. The van der Waals surface area contributed by atoms with E-state index >= 15 is 0 Å². The Morgan fingerprint density at radius 3 is 2.52 bits per heavy atom. The lowest BCUT2D eigenvalue weighted by Gasteiger charge is -2.19. The number of nitrogens with zero attached hydrogens (tertiary/aromatic N) is 1. The maximum atomic E-state index is 10.1. The summed E-state index contributed by atoms with van der Waals surface area (Å²) in [6.07, 6.45) is -0.568. The first kappa shape index (κ1) is 19.3. The molecule has 0 aliphatic carbocycles. The second-order valence-corrected chi connectivity index (χ2v) is 6.07. The number of rotatable bonds is 10. The van der Waals surface area contributed by atoms with Crippen LogP contribution in [0, 0.1) is 6.92 Å². The number of hydrogen-bond donors (Lipinski definition) is 1. The molecule has 0 aliphatic heterocycles. The molecular weight excluding hydrogens is 322 g/mol. The van der Waals surface area contributed by atoms with Crippen molar-refractivity contribution in [3.05, 3.63) is 47.4 Å². The Bertz CT molecular complexity index is 655. The number of benzene rings is 1. The summed E-state index contributed by atoms with van der Waals surface area (Å²) in [4.78, 5) is 2.00. The van der Waals surface area contributed by atoms with E-state index in [2.05, 4.69) is 0 Å². The molecule has 0 radical (unpaired) electrons. The van der Waals surface area contributed by atoms with E-state index in [-0.39, 0.29) is 6.61 Å². The molecule has 6 heteroatoms. The third kappa shape index (κ3) is 6.08. The number of hydrogen-bond acceptors (Lipinski definition) is 6. The highest BCUT2D eigenvalue weighted by molar-refractivity contribution is 5.42. The fourth-order valence-electron chi connectivity index (χ4n) is 2.60. The van der Waals surface area contributed by atoms with Gasteiger partial charge in [-0.2, -0.15) is 0 Å². The van der Waals surface area contributed by atoms with Gasteiger partial charge in [0.05, 0.1) is 40.1 Å². The van der Waals surface area contributed by atoms with Gasteiger partial charge < -0.3 is 23.7 Å². The Hall–Kier alpha value is -2.02. The van der Waals surface area contributed by atoms with Crippen molar-refractivity contribution in [3.63, 3.8) is 0 Å². The molecule has 138 valence electrons. The van der Waals surface area contributed by atoms with Crippen LogP contribution >= 0.6 is 0 Å². The lowest BCUT2D eigenvalue weighted by atomic mass is 10.2. The molecule has 6 nitrogen and oxygen atoms in total. The summed E-state index contributed by atoms with van der Waals surface area (Å²) in [6.45, 7) is 3.74. The van der Waals surface area contributed by atoms with Gasteiger partial charge in [0.25, 0.3) is 0 Å². The number of ether oxygens (including phenoxy) is 3. The molecule has 0 aliphatic rings. The van der Waals surface area contributed by atoms with Crippen molar-refractivity contribution >= 4 is 0 Å². The van der Waals surface area contributed by atoms with Crippen LogP contribution in [0.4, 0.5) is 0 Å². The first-order chi connectivity index (χ1) is 12.0. The molecule has 0 saturated carbocycles. The van der Waals surface area contributed by atoms with Gasteiger partial charge in [0, 0.05) is 6.54 Å². The first-order valence-electron chi connectivity index (χ1n) is 8.22. The van der Waals surface area contributed by atoms with Gasteiger partial charge in [0.2, 0.25) is 0 Å². The molecule has 25 heavy (non-hydrogen) atoms. The molecule has 2 rings (SSSR count). The quantitative estimate of drug-likeness (QED) is 0.711. The van der Waals surface area contributed by atoms with Crippen LogP contribution in [0.15, 0.2) is 34.7 Å². The van der Waals surface area contributed by atoms with Crippen LogP contribution < -0.4 is 9.47 Å². The van der Waals surface area contributed by atoms with Crippen LogP contribution in [0.3, 0.4) is 0 Å². The van der Waals surface area contributed by atoms with Crippen LogP contribution in [-0.4, -0.2) is 50.5 Å². The zero-order valence-corrected chi connectivity index (χ0v) is 15.3. The fraction of sp³-hybridized carbons (Fsp3) is 0.474. The molecule has 0 spiro atoms. The van der Waals surface area contributed by atoms with Crippen molar-refractivity contribution in [2.45, 2.75) is 26.2 Å². The average molecular weight is 349 g/mol. The lowest BCUT2D eigenvalue weighted by Crippen LogP contribution is -2.31. The molecule has 1 aromatic heterocycles. The Kier molecular flexibility index (Phi) is 7.31. The summed E-state index contributed by atoms with van der Waals surface area (Å²) in [5, 5.41) is 10.1. The van der Waals surface area contributed by atoms with Crippen molar-refractivity contribution in [1.82, 2.24) is 4.90 Å². The van der Waals surface area contributed by atoms with Crippen LogP contribution in [0.25, 0.3) is 0 Å². The van der Waals surface area contributed by atoms with Crippen LogP contribution in [0.1, 0.15) is 17.1 Å². The largest absolute Gasteiger partial charge is 0.493 e. The van der Waals surface area contributed by atoms with E-state index in [9.17, 15) is 5.11 Å². The van der Waals surface area contributed by atoms with Crippen molar-refractivity contribution in [1.29, 1.82) is 0 Å². The minimum absolute atomic E-state index is 0.260. The number of aliphatic hydroxyl groups is 1. The third-order valence-electron chi connectivity index (χ3n) is 3.77. The molecular formula is C19H27NO5.